The molecule has 0 fully saturated rings. The minimum atomic E-state index is -1.20. The Bertz CT molecular complexity index is 515. The summed E-state index contributed by atoms with van der Waals surface area (Å²) in [7, 11) is 0. The predicted octanol–water partition coefficient (Wildman–Crippen LogP) is -0.243. The van der Waals surface area contributed by atoms with Gasteiger partial charge in [0.05, 0.1) is 25.3 Å². The molecule has 6 heteroatoms. The number of aliphatic hydroxyl groups excluding tert-OH is 3. The zero-order valence-electron chi connectivity index (χ0n) is 9.74. The minimum absolute atomic E-state index is 0.404. The molecule has 0 aliphatic rings. The summed E-state index contributed by atoms with van der Waals surface area (Å²) in [5.74, 6) is 0.470. The molecule has 0 aliphatic carbocycles. The molecule has 1 heterocycles. The number of anilines is 1. The summed E-state index contributed by atoms with van der Waals surface area (Å²) in [6.45, 7) is -1.21. The molecule has 96 valence electrons. The van der Waals surface area contributed by atoms with Crippen molar-refractivity contribution in [2.45, 2.75) is 5.54 Å². The molecule has 1 aromatic heterocycles. The van der Waals surface area contributed by atoms with Crippen LogP contribution in [0.2, 0.25) is 0 Å². The Morgan fingerprint density at radius 2 is 1.67 bits per heavy atom. The van der Waals surface area contributed by atoms with Crippen LogP contribution in [-0.2, 0) is 0 Å². The van der Waals surface area contributed by atoms with Crippen LogP contribution in [0.15, 0.2) is 30.6 Å². The van der Waals surface area contributed by atoms with Gasteiger partial charge in [-0.1, -0.05) is 12.1 Å². The van der Waals surface area contributed by atoms with Crippen molar-refractivity contribution < 1.29 is 15.3 Å². The quantitative estimate of drug-likeness (QED) is 0.583. The van der Waals surface area contributed by atoms with Crippen LogP contribution in [0.4, 0.5) is 5.82 Å². The van der Waals surface area contributed by atoms with Crippen molar-refractivity contribution in [2.24, 2.45) is 0 Å². The molecule has 0 radical (unpaired) electrons. The maximum atomic E-state index is 9.28. The first kappa shape index (κ1) is 12.7. The summed E-state index contributed by atoms with van der Waals surface area (Å²) in [6.07, 6.45) is 1.39. The Balaban J connectivity index is 2.42. The number of para-hydroxylation sites is 1. The second kappa shape index (κ2) is 5.26. The zero-order valence-corrected chi connectivity index (χ0v) is 9.74. The number of rotatable bonds is 5. The summed E-state index contributed by atoms with van der Waals surface area (Å²) < 4.78 is 0. The Morgan fingerprint density at radius 3 is 2.33 bits per heavy atom. The normalized spacial score (nSPS) is 11.7. The summed E-state index contributed by atoms with van der Waals surface area (Å²) in [5, 5.41) is 31.5. The van der Waals surface area contributed by atoms with Gasteiger partial charge in [0.1, 0.15) is 17.7 Å². The fourth-order valence-electron chi connectivity index (χ4n) is 1.62. The highest BCUT2D eigenvalue weighted by atomic mass is 16.3. The summed E-state index contributed by atoms with van der Waals surface area (Å²) in [4.78, 5) is 8.19. The van der Waals surface area contributed by atoms with E-state index in [0.717, 1.165) is 10.9 Å². The molecule has 0 unspecified atom stereocenters. The number of fused-ring (bicyclic) bond motifs is 1. The van der Waals surface area contributed by atoms with Crippen LogP contribution in [0.1, 0.15) is 0 Å². The number of nitrogens with zero attached hydrogens (tertiary/aromatic N) is 2. The fourth-order valence-corrected chi connectivity index (χ4v) is 1.62. The van der Waals surface area contributed by atoms with E-state index in [0.29, 0.717) is 5.82 Å². The van der Waals surface area contributed by atoms with Gasteiger partial charge >= 0.3 is 0 Å². The van der Waals surface area contributed by atoms with E-state index in [2.05, 4.69) is 15.3 Å². The minimum Gasteiger partial charge on any atom is -0.394 e. The first-order valence-corrected chi connectivity index (χ1v) is 5.55. The van der Waals surface area contributed by atoms with Crippen LogP contribution in [0.5, 0.6) is 0 Å². The molecule has 0 atom stereocenters. The van der Waals surface area contributed by atoms with Crippen molar-refractivity contribution in [1.82, 2.24) is 9.97 Å². The highest BCUT2D eigenvalue weighted by molar-refractivity contribution is 5.88. The molecule has 0 saturated carbocycles. The molecule has 2 aromatic rings. The van der Waals surface area contributed by atoms with Gasteiger partial charge < -0.3 is 20.6 Å². The van der Waals surface area contributed by atoms with Crippen LogP contribution in [-0.4, -0.2) is 50.6 Å². The number of hydrogen-bond donors (Lipinski definition) is 4. The van der Waals surface area contributed by atoms with Gasteiger partial charge in [-0.3, -0.25) is 0 Å². The number of nitrogens with one attached hydrogen (secondary N) is 1. The summed E-state index contributed by atoms with van der Waals surface area (Å²) >= 11 is 0. The van der Waals surface area contributed by atoms with Crippen LogP contribution >= 0.6 is 0 Å². The largest absolute Gasteiger partial charge is 0.394 e. The third kappa shape index (κ3) is 2.26. The maximum Gasteiger partial charge on any atom is 0.137 e. The molecule has 0 saturated heterocycles. The van der Waals surface area contributed by atoms with Crippen molar-refractivity contribution in [2.75, 3.05) is 25.1 Å². The molecule has 0 amide bonds. The number of benzene rings is 1. The van der Waals surface area contributed by atoms with Crippen molar-refractivity contribution in [3.05, 3.63) is 30.6 Å². The Morgan fingerprint density at radius 1 is 1.00 bits per heavy atom. The van der Waals surface area contributed by atoms with Crippen molar-refractivity contribution in [3.8, 4) is 0 Å². The maximum absolute atomic E-state index is 9.28. The Hall–Kier alpha value is -1.76. The molecular weight excluding hydrogens is 234 g/mol. The highest BCUT2D eigenvalue weighted by Crippen LogP contribution is 2.21. The first-order valence-electron chi connectivity index (χ1n) is 5.55. The van der Waals surface area contributed by atoms with Gasteiger partial charge in [-0.2, -0.15) is 0 Å². The topological polar surface area (TPSA) is 98.5 Å². The van der Waals surface area contributed by atoms with E-state index in [1.54, 1.807) is 0 Å². The van der Waals surface area contributed by atoms with Crippen molar-refractivity contribution in [1.29, 1.82) is 0 Å². The van der Waals surface area contributed by atoms with E-state index >= 15 is 0 Å². The second-order valence-electron chi connectivity index (χ2n) is 4.12. The van der Waals surface area contributed by atoms with E-state index in [9.17, 15) is 15.3 Å². The fraction of sp³-hybridized carbons (Fsp3) is 0.333. The molecule has 4 N–H and O–H groups in total. The van der Waals surface area contributed by atoms with Gasteiger partial charge in [0.15, 0.2) is 0 Å². The Kier molecular flexibility index (Phi) is 3.71. The lowest BCUT2D eigenvalue weighted by Crippen LogP contribution is -2.49. The molecule has 0 spiro atoms. The average molecular weight is 249 g/mol. The molecule has 0 bridgehead atoms. The smallest absolute Gasteiger partial charge is 0.137 e. The van der Waals surface area contributed by atoms with Crippen LogP contribution in [0.3, 0.4) is 0 Å². The summed E-state index contributed by atoms with van der Waals surface area (Å²) in [6, 6.07) is 7.36. The molecule has 6 nitrogen and oxygen atoms in total. The third-order valence-corrected chi connectivity index (χ3v) is 2.83. The van der Waals surface area contributed by atoms with Gasteiger partial charge in [0.25, 0.3) is 0 Å². The lowest BCUT2D eigenvalue weighted by molar-refractivity contribution is 0.0832. The molecule has 0 aliphatic heterocycles. The number of aliphatic hydroxyl groups is 3. The Labute approximate surface area is 104 Å². The number of aromatic nitrogens is 2. The van der Waals surface area contributed by atoms with Gasteiger partial charge in [-0.15, -0.1) is 0 Å². The van der Waals surface area contributed by atoms with Gasteiger partial charge in [0, 0.05) is 5.39 Å². The number of hydrogen-bond acceptors (Lipinski definition) is 6. The predicted molar refractivity (Wildman–Crippen MR) is 67.1 cm³/mol. The molecule has 2 rings (SSSR count). The van der Waals surface area contributed by atoms with E-state index in [1.165, 1.54) is 6.33 Å². The van der Waals surface area contributed by atoms with E-state index in [4.69, 9.17) is 0 Å². The first-order chi connectivity index (χ1) is 8.74. The van der Waals surface area contributed by atoms with Gasteiger partial charge in [-0.25, -0.2) is 9.97 Å². The lowest BCUT2D eigenvalue weighted by atomic mass is 10.0. The van der Waals surface area contributed by atoms with E-state index in [-0.39, 0.29) is 0 Å². The standard InChI is InChI=1S/C12H15N3O3/c16-5-12(6-17,7-18)15-11-9-3-1-2-4-10(9)13-8-14-11/h1-4,8,16-18H,5-7H2,(H,13,14,15). The lowest BCUT2D eigenvalue weighted by Gasteiger charge is -2.29. The molecule has 1 aromatic carbocycles. The monoisotopic (exact) mass is 249 g/mol. The highest BCUT2D eigenvalue weighted by Gasteiger charge is 2.28. The van der Waals surface area contributed by atoms with E-state index < -0.39 is 25.4 Å². The second-order valence-corrected chi connectivity index (χ2v) is 4.12. The zero-order chi connectivity index (χ0) is 13.0. The molecule has 18 heavy (non-hydrogen) atoms. The van der Waals surface area contributed by atoms with E-state index in [1.807, 2.05) is 24.3 Å². The summed E-state index contributed by atoms with van der Waals surface area (Å²) in [5.41, 5.74) is -0.449. The molecular formula is C12H15N3O3. The van der Waals surface area contributed by atoms with Gasteiger partial charge in [0.2, 0.25) is 0 Å². The van der Waals surface area contributed by atoms with Crippen molar-refractivity contribution >= 4 is 16.7 Å². The van der Waals surface area contributed by atoms with Crippen LogP contribution in [0, 0.1) is 0 Å². The van der Waals surface area contributed by atoms with Crippen molar-refractivity contribution in [3.63, 3.8) is 0 Å². The van der Waals surface area contributed by atoms with Crippen LogP contribution in [0.25, 0.3) is 10.9 Å². The SMILES string of the molecule is OCC(CO)(CO)Nc1ncnc2ccccc12. The third-order valence-electron chi connectivity index (χ3n) is 2.83. The van der Waals surface area contributed by atoms with Gasteiger partial charge in [-0.05, 0) is 12.1 Å². The van der Waals surface area contributed by atoms with Crippen LogP contribution < -0.4 is 5.32 Å². The average Bonchev–Trinajstić information content (AvgIpc) is 2.45.